The van der Waals surface area contributed by atoms with E-state index in [1.807, 2.05) is 61.5 Å². The lowest BCUT2D eigenvalue weighted by molar-refractivity contribution is 0.714. The molecular formula is C17H14Cl3N3. The van der Waals surface area contributed by atoms with Gasteiger partial charge in [0.2, 0.25) is 3.79 Å². The van der Waals surface area contributed by atoms with Gasteiger partial charge in [0.1, 0.15) is 11.7 Å². The standard InChI is InChI=1S/C17H14Cl3N3/c1-11-7-9-13(10-8-11)15-21-14(12-5-3-2-4-6-12)22-16(23-15)17(18,19)20/h2-10,16H,1H3,(H,21,22,23). The number of nitrogens with one attached hydrogen (secondary N) is 1. The summed E-state index contributed by atoms with van der Waals surface area (Å²) in [6, 6.07) is 17.7. The van der Waals surface area contributed by atoms with Gasteiger partial charge in [0, 0.05) is 11.1 Å². The molecule has 1 aliphatic heterocycles. The van der Waals surface area contributed by atoms with E-state index in [-0.39, 0.29) is 0 Å². The predicted octanol–water partition coefficient (Wildman–Crippen LogP) is 4.49. The number of halogens is 3. The Kier molecular flexibility index (Phi) is 4.62. The van der Waals surface area contributed by atoms with E-state index in [9.17, 15) is 0 Å². The minimum Gasteiger partial charge on any atom is -0.324 e. The van der Waals surface area contributed by atoms with E-state index >= 15 is 0 Å². The smallest absolute Gasteiger partial charge is 0.232 e. The molecule has 0 amide bonds. The van der Waals surface area contributed by atoms with Gasteiger partial charge < -0.3 is 5.32 Å². The number of aliphatic imine (C=N–C) groups is 2. The summed E-state index contributed by atoms with van der Waals surface area (Å²) in [7, 11) is 0. The first-order valence-corrected chi connectivity index (χ1v) is 8.19. The molecule has 2 aromatic rings. The van der Waals surface area contributed by atoms with Crippen molar-refractivity contribution in [3.63, 3.8) is 0 Å². The molecule has 118 valence electrons. The highest BCUT2D eigenvalue weighted by molar-refractivity contribution is 6.68. The second kappa shape index (κ2) is 6.52. The third-order valence-corrected chi connectivity index (χ3v) is 3.99. The summed E-state index contributed by atoms with van der Waals surface area (Å²) in [6.45, 7) is 2.03. The summed E-state index contributed by atoms with van der Waals surface area (Å²) in [5.74, 6) is 1.27. The maximum absolute atomic E-state index is 6.03. The first kappa shape index (κ1) is 16.3. The molecule has 6 heteroatoms. The number of aryl methyl sites for hydroxylation is 1. The molecule has 2 aromatic carbocycles. The number of hydrogen-bond donors (Lipinski definition) is 1. The van der Waals surface area contributed by atoms with Crippen LogP contribution < -0.4 is 5.32 Å². The molecule has 1 N–H and O–H groups in total. The maximum Gasteiger partial charge on any atom is 0.232 e. The van der Waals surface area contributed by atoms with Crippen molar-refractivity contribution in [1.29, 1.82) is 0 Å². The molecule has 3 rings (SSSR count). The second-order valence-corrected chi connectivity index (χ2v) is 7.60. The molecule has 23 heavy (non-hydrogen) atoms. The number of amidine groups is 2. The third-order valence-electron chi connectivity index (χ3n) is 3.40. The van der Waals surface area contributed by atoms with Crippen molar-refractivity contribution in [2.24, 2.45) is 9.98 Å². The van der Waals surface area contributed by atoms with Crippen LogP contribution >= 0.6 is 34.8 Å². The van der Waals surface area contributed by atoms with Gasteiger partial charge in [0.25, 0.3) is 0 Å². The lowest BCUT2D eigenvalue weighted by Gasteiger charge is -2.25. The van der Waals surface area contributed by atoms with Crippen LogP contribution in [0.4, 0.5) is 0 Å². The fourth-order valence-corrected chi connectivity index (χ4v) is 2.49. The number of alkyl halides is 3. The molecule has 1 aliphatic rings. The monoisotopic (exact) mass is 365 g/mol. The van der Waals surface area contributed by atoms with Crippen LogP contribution in [0.1, 0.15) is 16.7 Å². The van der Waals surface area contributed by atoms with Crippen molar-refractivity contribution < 1.29 is 0 Å². The number of benzene rings is 2. The molecule has 3 nitrogen and oxygen atoms in total. The van der Waals surface area contributed by atoms with Gasteiger partial charge in [-0.15, -0.1) is 0 Å². The van der Waals surface area contributed by atoms with Crippen molar-refractivity contribution in [3.8, 4) is 0 Å². The van der Waals surface area contributed by atoms with E-state index in [2.05, 4.69) is 15.3 Å². The van der Waals surface area contributed by atoms with Gasteiger partial charge in [-0.05, 0) is 6.92 Å². The van der Waals surface area contributed by atoms with E-state index in [1.165, 1.54) is 5.56 Å². The molecule has 0 spiro atoms. The van der Waals surface area contributed by atoms with Crippen molar-refractivity contribution in [2.75, 3.05) is 0 Å². The molecule has 0 aliphatic carbocycles. The summed E-state index contributed by atoms with van der Waals surface area (Å²) >= 11 is 18.1. The van der Waals surface area contributed by atoms with Crippen LogP contribution in [0, 0.1) is 6.92 Å². The maximum atomic E-state index is 6.03. The number of hydrogen-bond acceptors (Lipinski definition) is 3. The lowest BCUT2D eigenvalue weighted by Crippen LogP contribution is -2.40. The largest absolute Gasteiger partial charge is 0.324 e. The van der Waals surface area contributed by atoms with Gasteiger partial charge in [-0.2, -0.15) is 0 Å². The Hall–Kier alpha value is -1.55. The van der Waals surface area contributed by atoms with Gasteiger partial charge in [0.05, 0.1) is 0 Å². The topological polar surface area (TPSA) is 36.8 Å². The third kappa shape index (κ3) is 3.86. The van der Waals surface area contributed by atoms with Crippen molar-refractivity contribution in [2.45, 2.75) is 16.9 Å². The molecule has 0 bridgehead atoms. The fourth-order valence-electron chi connectivity index (χ4n) is 2.20. The van der Waals surface area contributed by atoms with Crippen LogP contribution in [0.3, 0.4) is 0 Å². The normalized spacial score (nSPS) is 18.0. The molecular weight excluding hydrogens is 353 g/mol. The Bertz CT molecular complexity index is 747. The van der Waals surface area contributed by atoms with Crippen molar-refractivity contribution in [1.82, 2.24) is 5.32 Å². The zero-order valence-electron chi connectivity index (χ0n) is 12.3. The predicted molar refractivity (Wildman–Crippen MR) is 97.9 cm³/mol. The summed E-state index contributed by atoms with van der Waals surface area (Å²) in [5.41, 5.74) is 2.99. The highest BCUT2D eigenvalue weighted by Gasteiger charge is 2.35. The molecule has 1 atom stereocenters. The average molecular weight is 367 g/mol. The zero-order valence-corrected chi connectivity index (χ0v) is 14.6. The first-order chi connectivity index (χ1) is 10.9. The molecule has 0 saturated heterocycles. The van der Waals surface area contributed by atoms with E-state index in [0.29, 0.717) is 11.7 Å². The van der Waals surface area contributed by atoms with Crippen LogP contribution in [0.5, 0.6) is 0 Å². The Morgan fingerprint density at radius 1 is 0.826 bits per heavy atom. The van der Waals surface area contributed by atoms with Gasteiger partial charge in [-0.1, -0.05) is 95.0 Å². The highest BCUT2D eigenvalue weighted by atomic mass is 35.6. The Morgan fingerprint density at radius 3 is 1.87 bits per heavy atom. The molecule has 1 unspecified atom stereocenters. The molecule has 0 saturated carbocycles. The highest BCUT2D eigenvalue weighted by Crippen LogP contribution is 2.34. The van der Waals surface area contributed by atoms with Gasteiger partial charge >= 0.3 is 0 Å². The van der Waals surface area contributed by atoms with E-state index in [0.717, 1.165) is 11.1 Å². The summed E-state index contributed by atoms with van der Waals surface area (Å²) < 4.78 is -1.61. The Balaban J connectivity index is 2.01. The molecule has 0 fully saturated rings. The minimum absolute atomic E-state index is 0.632. The number of nitrogens with zero attached hydrogens (tertiary/aromatic N) is 2. The molecule has 1 heterocycles. The zero-order chi connectivity index (χ0) is 16.4. The Labute approximate surface area is 150 Å². The van der Waals surface area contributed by atoms with Gasteiger partial charge in [0.15, 0.2) is 6.17 Å². The van der Waals surface area contributed by atoms with E-state index in [4.69, 9.17) is 34.8 Å². The fraction of sp³-hybridized carbons (Fsp3) is 0.176. The number of rotatable bonds is 2. The SMILES string of the molecule is Cc1ccc(C2=NC(C(Cl)(Cl)Cl)N=C(c3ccccc3)N2)cc1. The van der Waals surface area contributed by atoms with Crippen LogP contribution in [0.25, 0.3) is 0 Å². The summed E-state index contributed by atoms with van der Waals surface area (Å²) in [5, 5.41) is 3.23. The first-order valence-electron chi connectivity index (χ1n) is 7.05. The minimum atomic E-state index is -1.61. The van der Waals surface area contributed by atoms with Crippen LogP contribution in [-0.4, -0.2) is 21.6 Å². The quantitative estimate of drug-likeness (QED) is 0.781. The van der Waals surface area contributed by atoms with Crippen molar-refractivity contribution >= 4 is 46.5 Å². The van der Waals surface area contributed by atoms with Gasteiger partial charge in [-0.25, -0.2) is 9.98 Å². The van der Waals surface area contributed by atoms with Gasteiger partial charge in [-0.3, -0.25) is 0 Å². The second-order valence-electron chi connectivity index (χ2n) is 5.23. The van der Waals surface area contributed by atoms with E-state index in [1.54, 1.807) is 0 Å². The van der Waals surface area contributed by atoms with Crippen LogP contribution in [0.2, 0.25) is 0 Å². The van der Waals surface area contributed by atoms with Crippen LogP contribution in [-0.2, 0) is 0 Å². The van der Waals surface area contributed by atoms with E-state index < -0.39 is 9.96 Å². The lowest BCUT2D eigenvalue weighted by atomic mass is 10.1. The van der Waals surface area contributed by atoms with Crippen LogP contribution in [0.15, 0.2) is 64.6 Å². The molecule has 0 aromatic heterocycles. The average Bonchev–Trinajstić information content (AvgIpc) is 2.55. The summed E-state index contributed by atoms with van der Waals surface area (Å²) in [6.07, 6.45) is -0.805. The molecule has 0 radical (unpaired) electrons. The summed E-state index contributed by atoms with van der Waals surface area (Å²) in [4.78, 5) is 8.89. The Morgan fingerprint density at radius 2 is 1.35 bits per heavy atom. The van der Waals surface area contributed by atoms with Crippen molar-refractivity contribution in [3.05, 3.63) is 71.3 Å².